The Morgan fingerprint density at radius 1 is 1.00 bits per heavy atom. The minimum Gasteiger partial charge on any atom is -0.361 e. The molecule has 5 nitrogen and oxygen atoms in total. The fraction of sp³-hybridized carbons (Fsp3) is 0.130. The molecular formula is C23H20ClN3O2. The van der Waals surface area contributed by atoms with Crippen LogP contribution in [0.3, 0.4) is 0 Å². The van der Waals surface area contributed by atoms with E-state index in [-0.39, 0.29) is 23.9 Å². The summed E-state index contributed by atoms with van der Waals surface area (Å²) >= 11 is 6.48. The summed E-state index contributed by atoms with van der Waals surface area (Å²) in [5.41, 5.74) is 2.82. The second-order valence-corrected chi connectivity index (χ2v) is 7.24. The molecule has 29 heavy (non-hydrogen) atoms. The number of H-pyrrole nitrogens is 1. The van der Waals surface area contributed by atoms with Gasteiger partial charge in [0, 0.05) is 46.8 Å². The topological polar surface area (TPSA) is 66.9 Å². The Morgan fingerprint density at radius 2 is 1.76 bits per heavy atom. The minimum absolute atomic E-state index is 0.0250. The zero-order valence-corrected chi connectivity index (χ0v) is 16.4. The van der Waals surface area contributed by atoms with Crippen molar-refractivity contribution in [2.75, 3.05) is 6.54 Å². The largest absolute Gasteiger partial charge is 0.361 e. The molecule has 4 rings (SSSR count). The van der Waals surface area contributed by atoms with E-state index in [9.17, 15) is 9.59 Å². The summed E-state index contributed by atoms with van der Waals surface area (Å²) in [7, 11) is 0. The van der Waals surface area contributed by atoms with Crippen molar-refractivity contribution < 1.29 is 4.79 Å². The molecule has 1 atom stereocenters. The number of halogens is 1. The highest BCUT2D eigenvalue weighted by Crippen LogP contribution is 2.34. The van der Waals surface area contributed by atoms with Gasteiger partial charge in [0.2, 0.25) is 5.91 Å². The van der Waals surface area contributed by atoms with Crippen LogP contribution in [0.5, 0.6) is 0 Å². The van der Waals surface area contributed by atoms with E-state index in [0.29, 0.717) is 11.6 Å². The van der Waals surface area contributed by atoms with Gasteiger partial charge >= 0.3 is 0 Å². The number of rotatable bonds is 6. The summed E-state index contributed by atoms with van der Waals surface area (Å²) in [4.78, 5) is 27.7. The van der Waals surface area contributed by atoms with Gasteiger partial charge < -0.3 is 14.9 Å². The molecule has 1 amide bonds. The van der Waals surface area contributed by atoms with Crippen LogP contribution in [0.4, 0.5) is 0 Å². The first-order valence-corrected chi connectivity index (χ1v) is 9.74. The quantitative estimate of drug-likeness (QED) is 0.510. The number of nitrogens with zero attached hydrogens (tertiary/aromatic N) is 1. The summed E-state index contributed by atoms with van der Waals surface area (Å²) in [5, 5.41) is 4.70. The Hall–Kier alpha value is -3.31. The van der Waals surface area contributed by atoms with E-state index in [4.69, 9.17) is 11.6 Å². The number of para-hydroxylation sites is 1. The fourth-order valence-electron chi connectivity index (χ4n) is 3.55. The first-order chi connectivity index (χ1) is 14.1. The number of carbonyl (C=O) groups is 1. The fourth-order valence-corrected chi connectivity index (χ4v) is 3.81. The number of amides is 1. The Bertz CT molecular complexity index is 1210. The van der Waals surface area contributed by atoms with E-state index in [1.54, 1.807) is 18.3 Å². The van der Waals surface area contributed by atoms with Crippen molar-refractivity contribution in [3.63, 3.8) is 0 Å². The van der Waals surface area contributed by atoms with Crippen LogP contribution in [0, 0.1) is 0 Å². The van der Waals surface area contributed by atoms with Crippen LogP contribution in [-0.4, -0.2) is 22.0 Å². The van der Waals surface area contributed by atoms with Gasteiger partial charge in [0.25, 0.3) is 5.56 Å². The van der Waals surface area contributed by atoms with Crippen molar-refractivity contribution in [3.8, 4) is 0 Å². The van der Waals surface area contributed by atoms with Crippen molar-refractivity contribution in [1.29, 1.82) is 0 Å². The SMILES string of the molecule is O=C(Cn1ccccc1=O)NCC(c1ccccc1Cl)c1c[nH]c2ccccc12. The van der Waals surface area contributed by atoms with Gasteiger partial charge in [-0.05, 0) is 29.3 Å². The molecule has 2 aromatic carbocycles. The number of fused-ring (bicyclic) bond motifs is 1. The number of aromatic nitrogens is 2. The van der Waals surface area contributed by atoms with Gasteiger partial charge in [0.1, 0.15) is 6.54 Å². The van der Waals surface area contributed by atoms with E-state index in [0.717, 1.165) is 22.0 Å². The Kier molecular flexibility index (Phi) is 5.49. The van der Waals surface area contributed by atoms with E-state index < -0.39 is 0 Å². The van der Waals surface area contributed by atoms with Crippen LogP contribution in [0.15, 0.2) is 83.9 Å². The smallest absolute Gasteiger partial charge is 0.250 e. The summed E-state index contributed by atoms with van der Waals surface area (Å²) in [6, 6.07) is 20.5. The molecule has 0 fully saturated rings. The predicted octanol–water partition coefficient (Wildman–Crippen LogP) is 3.93. The van der Waals surface area contributed by atoms with Crippen LogP contribution < -0.4 is 10.9 Å². The molecule has 0 aliphatic heterocycles. The highest BCUT2D eigenvalue weighted by Gasteiger charge is 2.21. The molecule has 0 saturated heterocycles. The molecule has 2 heterocycles. The highest BCUT2D eigenvalue weighted by atomic mass is 35.5. The molecule has 0 aliphatic rings. The monoisotopic (exact) mass is 405 g/mol. The van der Waals surface area contributed by atoms with Crippen molar-refractivity contribution in [1.82, 2.24) is 14.9 Å². The van der Waals surface area contributed by atoms with E-state index >= 15 is 0 Å². The van der Waals surface area contributed by atoms with Crippen LogP contribution in [0.1, 0.15) is 17.0 Å². The van der Waals surface area contributed by atoms with Crippen molar-refractivity contribution in [2.24, 2.45) is 0 Å². The molecule has 0 bridgehead atoms. The molecule has 1 unspecified atom stereocenters. The average molecular weight is 406 g/mol. The number of carbonyl (C=O) groups excluding carboxylic acids is 1. The molecule has 0 aliphatic carbocycles. The van der Waals surface area contributed by atoms with Crippen LogP contribution >= 0.6 is 11.6 Å². The third-order valence-electron chi connectivity index (χ3n) is 4.99. The van der Waals surface area contributed by atoms with Gasteiger partial charge in [-0.15, -0.1) is 0 Å². The first-order valence-electron chi connectivity index (χ1n) is 9.36. The van der Waals surface area contributed by atoms with Crippen LogP contribution in [0.25, 0.3) is 10.9 Å². The highest BCUT2D eigenvalue weighted by molar-refractivity contribution is 6.31. The lowest BCUT2D eigenvalue weighted by Gasteiger charge is -2.19. The lowest BCUT2D eigenvalue weighted by molar-refractivity contribution is -0.121. The van der Waals surface area contributed by atoms with Gasteiger partial charge in [0.05, 0.1) is 0 Å². The molecular weight excluding hydrogens is 386 g/mol. The molecule has 0 spiro atoms. The Balaban J connectivity index is 1.61. The predicted molar refractivity (Wildman–Crippen MR) is 115 cm³/mol. The normalized spacial score (nSPS) is 12.0. The lowest BCUT2D eigenvalue weighted by Crippen LogP contribution is -2.34. The standard InChI is InChI=1S/C23H20ClN3O2/c24-20-9-3-1-7-16(20)18(19-13-25-21-10-4-2-8-17(19)21)14-26-22(28)15-27-12-6-5-11-23(27)29/h1-13,18,25H,14-15H2,(H,26,28). The van der Waals surface area contributed by atoms with E-state index in [1.807, 2.05) is 48.7 Å². The Labute approximate surface area is 173 Å². The van der Waals surface area contributed by atoms with Crippen LogP contribution in [-0.2, 0) is 11.3 Å². The summed E-state index contributed by atoms with van der Waals surface area (Å²) in [6.07, 6.45) is 3.57. The van der Waals surface area contributed by atoms with Crippen molar-refractivity contribution in [3.05, 3.63) is 106 Å². The summed E-state index contributed by atoms with van der Waals surface area (Å²) in [5.74, 6) is -0.355. The number of pyridine rings is 1. The molecule has 0 radical (unpaired) electrons. The molecule has 0 saturated carbocycles. The van der Waals surface area contributed by atoms with Gasteiger partial charge in [-0.1, -0.05) is 54.1 Å². The zero-order valence-electron chi connectivity index (χ0n) is 15.6. The summed E-state index contributed by atoms with van der Waals surface area (Å²) < 4.78 is 1.38. The number of aromatic amines is 1. The lowest BCUT2D eigenvalue weighted by atomic mass is 9.90. The minimum atomic E-state index is -0.227. The van der Waals surface area contributed by atoms with Gasteiger partial charge in [-0.2, -0.15) is 0 Å². The van der Waals surface area contributed by atoms with Gasteiger partial charge in [-0.3, -0.25) is 9.59 Å². The van der Waals surface area contributed by atoms with Crippen molar-refractivity contribution >= 4 is 28.4 Å². The Morgan fingerprint density at radius 3 is 2.59 bits per heavy atom. The maximum atomic E-state index is 12.5. The number of hydrogen-bond donors (Lipinski definition) is 2. The summed E-state index contributed by atoms with van der Waals surface area (Å²) in [6.45, 7) is 0.342. The maximum Gasteiger partial charge on any atom is 0.250 e. The number of nitrogens with one attached hydrogen (secondary N) is 2. The second-order valence-electron chi connectivity index (χ2n) is 6.83. The second kappa shape index (κ2) is 8.37. The molecule has 2 aromatic heterocycles. The first kappa shape index (κ1) is 19.0. The van der Waals surface area contributed by atoms with Crippen molar-refractivity contribution in [2.45, 2.75) is 12.5 Å². The molecule has 2 N–H and O–H groups in total. The number of hydrogen-bond acceptors (Lipinski definition) is 2. The van der Waals surface area contributed by atoms with E-state index in [2.05, 4.69) is 16.4 Å². The molecule has 146 valence electrons. The zero-order chi connectivity index (χ0) is 20.2. The van der Waals surface area contributed by atoms with Crippen LogP contribution in [0.2, 0.25) is 5.02 Å². The third kappa shape index (κ3) is 4.10. The molecule has 6 heteroatoms. The van der Waals surface area contributed by atoms with Gasteiger partial charge in [0.15, 0.2) is 0 Å². The average Bonchev–Trinajstić information content (AvgIpc) is 3.15. The maximum absolute atomic E-state index is 12.5. The van der Waals surface area contributed by atoms with E-state index in [1.165, 1.54) is 10.6 Å². The molecule has 4 aromatic rings. The van der Waals surface area contributed by atoms with Gasteiger partial charge in [-0.25, -0.2) is 0 Å². The third-order valence-corrected chi connectivity index (χ3v) is 5.34. The number of benzene rings is 2.